The maximum atomic E-state index is 12.9. The summed E-state index contributed by atoms with van der Waals surface area (Å²) < 4.78 is 0. The van der Waals surface area contributed by atoms with Crippen molar-refractivity contribution < 1.29 is 14.7 Å². The van der Waals surface area contributed by atoms with Crippen molar-refractivity contribution in [2.45, 2.75) is 19.3 Å². The zero-order valence-corrected chi connectivity index (χ0v) is 13.5. The lowest BCUT2D eigenvalue weighted by atomic mass is 9.95. The molecule has 1 N–H and O–H groups in total. The molecule has 1 aliphatic heterocycles. The van der Waals surface area contributed by atoms with Crippen molar-refractivity contribution in [3.8, 4) is 0 Å². The van der Waals surface area contributed by atoms with Gasteiger partial charge >= 0.3 is 5.97 Å². The zero-order valence-electron chi connectivity index (χ0n) is 13.5. The summed E-state index contributed by atoms with van der Waals surface area (Å²) >= 11 is 0. The van der Waals surface area contributed by atoms with Gasteiger partial charge in [-0.05, 0) is 36.5 Å². The third-order valence-corrected chi connectivity index (χ3v) is 4.54. The lowest BCUT2D eigenvalue weighted by molar-refractivity contribution is -0.143. The third kappa shape index (κ3) is 3.65. The van der Waals surface area contributed by atoms with Crippen molar-refractivity contribution in [3.63, 3.8) is 0 Å². The summed E-state index contributed by atoms with van der Waals surface area (Å²) in [5.74, 6) is -1.33. The van der Waals surface area contributed by atoms with Gasteiger partial charge in [0.25, 0.3) is 5.91 Å². The standard InChI is InChI=1S/C20H21NO3/c22-19(21-12-6-10-17(14-21)20(23)24)18-11-5-4-9-16(18)13-15-7-2-1-3-8-15/h1-5,7-9,11,17H,6,10,12-14H2,(H,23,24). The van der Waals surface area contributed by atoms with Crippen LogP contribution < -0.4 is 0 Å². The largest absolute Gasteiger partial charge is 0.481 e. The van der Waals surface area contributed by atoms with Gasteiger partial charge in [-0.25, -0.2) is 0 Å². The van der Waals surface area contributed by atoms with E-state index >= 15 is 0 Å². The molecule has 0 spiro atoms. The second-order valence-electron chi connectivity index (χ2n) is 6.25. The molecule has 4 heteroatoms. The number of carboxylic acids is 1. The Kier molecular flexibility index (Phi) is 4.94. The van der Waals surface area contributed by atoms with E-state index in [-0.39, 0.29) is 5.91 Å². The van der Waals surface area contributed by atoms with E-state index < -0.39 is 11.9 Å². The number of amides is 1. The van der Waals surface area contributed by atoms with Crippen molar-refractivity contribution >= 4 is 11.9 Å². The molecule has 3 rings (SSSR count). The number of carbonyl (C=O) groups is 2. The van der Waals surface area contributed by atoms with Crippen LogP contribution in [0.25, 0.3) is 0 Å². The average molecular weight is 323 g/mol. The zero-order chi connectivity index (χ0) is 16.9. The van der Waals surface area contributed by atoms with Crippen molar-refractivity contribution in [2.75, 3.05) is 13.1 Å². The number of piperidine rings is 1. The van der Waals surface area contributed by atoms with Gasteiger partial charge in [0.1, 0.15) is 0 Å². The van der Waals surface area contributed by atoms with Crippen LogP contribution in [0.4, 0.5) is 0 Å². The van der Waals surface area contributed by atoms with Crippen LogP contribution in [0.5, 0.6) is 0 Å². The van der Waals surface area contributed by atoms with Crippen LogP contribution in [-0.4, -0.2) is 35.0 Å². The Hall–Kier alpha value is -2.62. The van der Waals surface area contributed by atoms with Gasteiger partial charge in [-0.1, -0.05) is 48.5 Å². The monoisotopic (exact) mass is 323 g/mol. The Balaban J connectivity index is 1.81. The van der Waals surface area contributed by atoms with Crippen LogP contribution in [0, 0.1) is 5.92 Å². The topological polar surface area (TPSA) is 57.6 Å². The molecule has 1 aliphatic rings. The third-order valence-electron chi connectivity index (χ3n) is 4.54. The average Bonchev–Trinajstić information content (AvgIpc) is 2.62. The first-order valence-corrected chi connectivity index (χ1v) is 8.29. The van der Waals surface area contributed by atoms with E-state index in [9.17, 15) is 14.7 Å². The minimum atomic E-state index is -0.815. The van der Waals surface area contributed by atoms with Crippen molar-refractivity contribution in [2.24, 2.45) is 5.92 Å². The van der Waals surface area contributed by atoms with Gasteiger partial charge in [0.2, 0.25) is 0 Å². The summed E-state index contributed by atoms with van der Waals surface area (Å²) in [5.41, 5.74) is 2.80. The second kappa shape index (κ2) is 7.30. The Labute approximate surface area is 141 Å². The highest BCUT2D eigenvalue weighted by Crippen LogP contribution is 2.21. The first-order chi connectivity index (χ1) is 11.6. The van der Waals surface area contributed by atoms with E-state index in [1.807, 2.05) is 54.6 Å². The fourth-order valence-corrected chi connectivity index (χ4v) is 3.23. The fraction of sp³-hybridized carbons (Fsp3) is 0.300. The smallest absolute Gasteiger partial charge is 0.308 e. The second-order valence-corrected chi connectivity index (χ2v) is 6.25. The van der Waals surface area contributed by atoms with E-state index in [1.54, 1.807) is 4.90 Å². The van der Waals surface area contributed by atoms with Gasteiger partial charge in [0, 0.05) is 18.7 Å². The fourth-order valence-electron chi connectivity index (χ4n) is 3.23. The van der Waals surface area contributed by atoms with E-state index in [2.05, 4.69) is 0 Å². The van der Waals surface area contributed by atoms with Gasteiger partial charge < -0.3 is 10.0 Å². The summed E-state index contributed by atoms with van der Waals surface area (Å²) in [4.78, 5) is 25.8. The number of aliphatic carboxylic acids is 1. The highest BCUT2D eigenvalue weighted by Gasteiger charge is 2.29. The van der Waals surface area contributed by atoms with Gasteiger partial charge in [-0.2, -0.15) is 0 Å². The first kappa shape index (κ1) is 16.2. The van der Waals surface area contributed by atoms with E-state index in [0.717, 1.165) is 17.5 Å². The molecule has 0 saturated carbocycles. The van der Waals surface area contributed by atoms with Gasteiger partial charge in [-0.3, -0.25) is 9.59 Å². The molecule has 1 amide bonds. The maximum Gasteiger partial charge on any atom is 0.308 e. The predicted molar refractivity (Wildman–Crippen MR) is 92.0 cm³/mol. The SMILES string of the molecule is O=C(O)C1CCCN(C(=O)c2ccccc2Cc2ccccc2)C1. The number of benzene rings is 2. The van der Waals surface area contributed by atoms with Crippen molar-refractivity contribution in [1.29, 1.82) is 0 Å². The van der Waals surface area contributed by atoms with Crippen LogP contribution >= 0.6 is 0 Å². The molecular formula is C20H21NO3. The molecule has 0 radical (unpaired) electrons. The predicted octanol–water partition coefficient (Wildman–Crippen LogP) is 3.21. The van der Waals surface area contributed by atoms with Gasteiger partial charge in [0.05, 0.1) is 5.92 Å². The molecule has 1 unspecified atom stereocenters. The highest BCUT2D eigenvalue weighted by molar-refractivity contribution is 5.96. The lowest BCUT2D eigenvalue weighted by Crippen LogP contribution is -2.42. The minimum Gasteiger partial charge on any atom is -0.481 e. The number of carbonyl (C=O) groups excluding carboxylic acids is 1. The molecule has 124 valence electrons. The number of hydrogen-bond acceptors (Lipinski definition) is 2. The number of carboxylic acid groups (broad SMARTS) is 1. The van der Waals surface area contributed by atoms with Crippen LogP contribution in [-0.2, 0) is 11.2 Å². The molecule has 2 aromatic rings. The molecule has 0 bridgehead atoms. The molecule has 1 heterocycles. The van der Waals surface area contributed by atoms with Crippen molar-refractivity contribution in [1.82, 2.24) is 4.90 Å². The molecule has 0 aliphatic carbocycles. The van der Waals surface area contributed by atoms with Crippen LogP contribution in [0.1, 0.15) is 34.3 Å². The van der Waals surface area contributed by atoms with Crippen molar-refractivity contribution in [3.05, 3.63) is 71.3 Å². The van der Waals surface area contributed by atoms with Crippen LogP contribution in [0.2, 0.25) is 0 Å². The first-order valence-electron chi connectivity index (χ1n) is 8.29. The summed E-state index contributed by atoms with van der Waals surface area (Å²) in [6.07, 6.45) is 2.08. The lowest BCUT2D eigenvalue weighted by Gasteiger charge is -2.31. The molecule has 4 nitrogen and oxygen atoms in total. The molecule has 1 saturated heterocycles. The Bertz CT molecular complexity index is 727. The van der Waals surface area contributed by atoms with E-state index in [4.69, 9.17) is 0 Å². The van der Waals surface area contributed by atoms with E-state index in [1.165, 1.54) is 0 Å². The normalized spacial score (nSPS) is 17.5. The highest BCUT2D eigenvalue weighted by atomic mass is 16.4. The molecule has 0 aromatic heterocycles. The van der Waals surface area contributed by atoms with E-state index in [0.29, 0.717) is 31.5 Å². The molecule has 1 atom stereocenters. The molecule has 24 heavy (non-hydrogen) atoms. The number of rotatable bonds is 4. The number of likely N-dealkylation sites (tertiary alicyclic amines) is 1. The minimum absolute atomic E-state index is 0.0625. The Morgan fingerprint density at radius 2 is 1.75 bits per heavy atom. The van der Waals surface area contributed by atoms with Crippen LogP contribution in [0.15, 0.2) is 54.6 Å². The van der Waals surface area contributed by atoms with Crippen LogP contribution in [0.3, 0.4) is 0 Å². The quantitative estimate of drug-likeness (QED) is 0.940. The molecule has 1 fully saturated rings. The Morgan fingerprint density at radius 3 is 2.50 bits per heavy atom. The molecule has 2 aromatic carbocycles. The maximum absolute atomic E-state index is 12.9. The summed E-state index contributed by atoms with van der Waals surface area (Å²) in [7, 11) is 0. The van der Waals surface area contributed by atoms with Gasteiger partial charge in [-0.15, -0.1) is 0 Å². The summed E-state index contributed by atoms with van der Waals surface area (Å²) in [5, 5.41) is 9.22. The van der Waals surface area contributed by atoms with Gasteiger partial charge in [0.15, 0.2) is 0 Å². The Morgan fingerprint density at radius 1 is 1.04 bits per heavy atom. The number of nitrogens with zero attached hydrogens (tertiary/aromatic N) is 1. The molecular weight excluding hydrogens is 302 g/mol. The summed E-state index contributed by atoms with van der Waals surface area (Å²) in [6.45, 7) is 0.927. The number of hydrogen-bond donors (Lipinski definition) is 1. The summed E-state index contributed by atoms with van der Waals surface area (Å²) in [6, 6.07) is 17.6.